The van der Waals surface area contributed by atoms with Crippen molar-refractivity contribution in [2.45, 2.75) is 13.3 Å². The van der Waals surface area contributed by atoms with Gasteiger partial charge in [0.2, 0.25) is 5.91 Å². The van der Waals surface area contributed by atoms with Gasteiger partial charge in [-0.3, -0.25) is 9.59 Å². The fourth-order valence-corrected chi connectivity index (χ4v) is 2.06. The molecule has 0 aliphatic heterocycles. The number of aryl methyl sites for hydroxylation is 1. The maximum Gasteiger partial charge on any atom is 0.249 e. The molecular weight excluding hydrogens is 295 g/mol. The predicted octanol–water partition coefficient (Wildman–Crippen LogP) is 3.35. The van der Waals surface area contributed by atoms with Crippen molar-refractivity contribution in [1.29, 1.82) is 5.26 Å². The summed E-state index contributed by atoms with van der Waals surface area (Å²) in [5.41, 5.74) is 1.75. The summed E-state index contributed by atoms with van der Waals surface area (Å²) in [7, 11) is 0. The monoisotopic (exact) mass is 310 g/mol. The first-order valence-corrected chi connectivity index (χ1v) is 7.14. The van der Waals surface area contributed by atoms with Crippen molar-refractivity contribution in [2.75, 3.05) is 5.32 Å². The molecule has 116 valence electrons. The van der Waals surface area contributed by atoms with Crippen molar-refractivity contribution < 1.29 is 14.0 Å². The first kappa shape index (κ1) is 16.4. The van der Waals surface area contributed by atoms with Crippen LogP contribution >= 0.6 is 0 Å². The SMILES string of the molecule is CCc1ccc(NC(=O)[C@H](C#N)C(=O)c2ccc(F)cc2)cc1. The molecule has 1 N–H and O–H groups in total. The molecule has 0 fully saturated rings. The molecule has 0 bridgehead atoms. The Kier molecular flexibility index (Phi) is 5.21. The maximum absolute atomic E-state index is 12.9. The number of carbonyl (C=O) groups excluding carboxylic acids is 2. The standard InChI is InChI=1S/C18H15FN2O2/c1-2-12-3-9-15(10-4-12)21-18(23)16(11-20)17(22)13-5-7-14(19)8-6-13/h3-10,16H,2H2,1H3,(H,21,23)/t16-/m1/s1. The quantitative estimate of drug-likeness (QED) is 0.680. The second-order valence-electron chi connectivity index (χ2n) is 4.97. The second-order valence-corrected chi connectivity index (χ2v) is 4.97. The van der Waals surface area contributed by atoms with Crippen LogP contribution in [0, 0.1) is 23.1 Å². The molecule has 1 atom stereocenters. The Hall–Kier alpha value is -3.00. The fourth-order valence-electron chi connectivity index (χ4n) is 2.06. The van der Waals surface area contributed by atoms with Gasteiger partial charge in [-0.25, -0.2) is 4.39 Å². The number of hydrogen-bond donors (Lipinski definition) is 1. The van der Waals surface area contributed by atoms with Gasteiger partial charge in [0.05, 0.1) is 6.07 Å². The van der Waals surface area contributed by atoms with Gasteiger partial charge in [-0.1, -0.05) is 19.1 Å². The summed E-state index contributed by atoms with van der Waals surface area (Å²) in [6.07, 6.45) is 0.873. The molecule has 0 spiro atoms. The van der Waals surface area contributed by atoms with E-state index < -0.39 is 23.4 Å². The van der Waals surface area contributed by atoms with Crippen molar-refractivity contribution in [3.05, 3.63) is 65.5 Å². The molecule has 5 heteroatoms. The van der Waals surface area contributed by atoms with Crippen LogP contribution in [0.5, 0.6) is 0 Å². The first-order valence-electron chi connectivity index (χ1n) is 7.14. The van der Waals surface area contributed by atoms with E-state index in [0.717, 1.165) is 24.1 Å². The van der Waals surface area contributed by atoms with Gasteiger partial charge in [-0.15, -0.1) is 0 Å². The molecule has 23 heavy (non-hydrogen) atoms. The van der Waals surface area contributed by atoms with Gasteiger partial charge in [0.15, 0.2) is 11.7 Å². The highest BCUT2D eigenvalue weighted by Gasteiger charge is 2.27. The van der Waals surface area contributed by atoms with Crippen LogP contribution in [0.1, 0.15) is 22.8 Å². The van der Waals surface area contributed by atoms with Gasteiger partial charge in [0, 0.05) is 11.3 Å². The van der Waals surface area contributed by atoms with Crippen molar-refractivity contribution >= 4 is 17.4 Å². The Bertz CT molecular complexity index is 746. The van der Waals surface area contributed by atoms with Crippen LogP contribution in [-0.4, -0.2) is 11.7 Å². The third-order valence-corrected chi connectivity index (χ3v) is 3.41. The summed E-state index contributed by atoms with van der Waals surface area (Å²) in [6.45, 7) is 2.01. The highest BCUT2D eigenvalue weighted by Crippen LogP contribution is 2.14. The Morgan fingerprint density at radius 3 is 2.26 bits per heavy atom. The number of Topliss-reactive ketones (excluding diaryl/α,β-unsaturated/α-hetero) is 1. The van der Waals surface area contributed by atoms with Gasteiger partial charge < -0.3 is 5.32 Å². The topological polar surface area (TPSA) is 70.0 Å². The van der Waals surface area contributed by atoms with Gasteiger partial charge in [-0.05, 0) is 48.4 Å². The van der Waals surface area contributed by atoms with E-state index >= 15 is 0 Å². The van der Waals surface area contributed by atoms with Gasteiger partial charge in [0.25, 0.3) is 0 Å². The van der Waals surface area contributed by atoms with E-state index in [2.05, 4.69) is 5.32 Å². The Morgan fingerprint density at radius 2 is 1.74 bits per heavy atom. The number of amides is 1. The molecule has 4 nitrogen and oxygen atoms in total. The molecule has 0 radical (unpaired) electrons. The van der Waals surface area contributed by atoms with Crippen LogP contribution in [0.3, 0.4) is 0 Å². The summed E-state index contributed by atoms with van der Waals surface area (Å²) in [5, 5.41) is 11.7. The van der Waals surface area contributed by atoms with E-state index in [9.17, 15) is 14.0 Å². The summed E-state index contributed by atoms with van der Waals surface area (Å²) in [6, 6.07) is 13.6. The molecule has 0 heterocycles. The molecule has 1 amide bonds. The summed E-state index contributed by atoms with van der Waals surface area (Å²) in [4.78, 5) is 24.4. The molecule has 2 rings (SSSR count). The van der Waals surface area contributed by atoms with E-state index in [1.54, 1.807) is 18.2 Å². The molecule has 0 aliphatic rings. The summed E-state index contributed by atoms with van der Waals surface area (Å²) in [5.74, 6) is -3.33. The normalized spacial score (nSPS) is 11.3. The molecule has 2 aromatic rings. The Labute approximate surface area is 133 Å². The fraction of sp³-hybridized carbons (Fsp3) is 0.167. The predicted molar refractivity (Wildman–Crippen MR) is 84.3 cm³/mol. The van der Waals surface area contributed by atoms with Crippen molar-refractivity contribution in [2.24, 2.45) is 5.92 Å². The number of ketones is 1. The molecule has 0 saturated carbocycles. The number of nitriles is 1. The number of hydrogen-bond acceptors (Lipinski definition) is 3. The van der Waals surface area contributed by atoms with E-state index in [1.165, 1.54) is 12.1 Å². The third-order valence-electron chi connectivity index (χ3n) is 3.41. The molecule has 2 aromatic carbocycles. The molecule has 0 aliphatic carbocycles. The van der Waals surface area contributed by atoms with Crippen molar-refractivity contribution in [1.82, 2.24) is 0 Å². The molecular formula is C18H15FN2O2. The van der Waals surface area contributed by atoms with E-state index in [1.807, 2.05) is 19.1 Å². The second kappa shape index (κ2) is 7.32. The summed E-state index contributed by atoms with van der Waals surface area (Å²) >= 11 is 0. The minimum absolute atomic E-state index is 0.120. The highest BCUT2D eigenvalue weighted by molar-refractivity contribution is 6.15. The van der Waals surface area contributed by atoms with E-state index in [-0.39, 0.29) is 5.56 Å². The number of halogens is 1. The Balaban J connectivity index is 2.13. The zero-order chi connectivity index (χ0) is 16.8. The highest BCUT2D eigenvalue weighted by atomic mass is 19.1. The zero-order valence-corrected chi connectivity index (χ0v) is 12.5. The van der Waals surface area contributed by atoms with Gasteiger partial charge >= 0.3 is 0 Å². The van der Waals surface area contributed by atoms with Crippen molar-refractivity contribution in [3.8, 4) is 6.07 Å². The zero-order valence-electron chi connectivity index (χ0n) is 12.5. The number of anilines is 1. The lowest BCUT2D eigenvalue weighted by atomic mass is 9.98. The number of rotatable bonds is 5. The van der Waals surface area contributed by atoms with Gasteiger partial charge in [0.1, 0.15) is 5.82 Å². The van der Waals surface area contributed by atoms with Crippen LogP contribution in [0.15, 0.2) is 48.5 Å². The lowest BCUT2D eigenvalue weighted by Crippen LogP contribution is -2.28. The number of carbonyl (C=O) groups is 2. The molecule has 0 unspecified atom stereocenters. The number of benzene rings is 2. The van der Waals surface area contributed by atoms with Crippen LogP contribution in [0.4, 0.5) is 10.1 Å². The molecule has 0 aromatic heterocycles. The summed E-state index contributed by atoms with van der Waals surface area (Å²) < 4.78 is 12.9. The number of nitrogens with one attached hydrogen (secondary N) is 1. The Morgan fingerprint density at radius 1 is 1.13 bits per heavy atom. The van der Waals surface area contributed by atoms with Crippen LogP contribution < -0.4 is 5.32 Å². The largest absolute Gasteiger partial charge is 0.325 e. The average molecular weight is 310 g/mol. The van der Waals surface area contributed by atoms with Gasteiger partial charge in [-0.2, -0.15) is 5.26 Å². The third kappa shape index (κ3) is 4.01. The van der Waals surface area contributed by atoms with Crippen LogP contribution in [-0.2, 0) is 11.2 Å². The van der Waals surface area contributed by atoms with E-state index in [4.69, 9.17) is 5.26 Å². The van der Waals surface area contributed by atoms with Crippen LogP contribution in [0.25, 0.3) is 0 Å². The lowest BCUT2D eigenvalue weighted by Gasteiger charge is -2.10. The number of nitrogens with zero attached hydrogens (tertiary/aromatic N) is 1. The minimum atomic E-state index is -1.48. The van der Waals surface area contributed by atoms with Crippen molar-refractivity contribution in [3.63, 3.8) is 0 Å². The first-order chi connectivity index (χ1) is 11.0. The smallest absolute Gasteiger partial charge is 0.249 e. The lowest BCUT2D eigenvalue weighted by molar-refractivity contribution is -0.117. The minimum Gasteiger partial charge on any atom is -0.325 e. The van der Waals surface area contributed by atoms with E-state index in [0.29, 0.717) is 5.69 Å². The maximum atomic E-state index is 12.9. The average Bonchev–Trinajstić information content (AvgIpc) is 2.56. The molecule has 0 saturated heterocycles. The van der Waals surface area contributed by atoms with Crippen LogP contribution in [0.2, 0.25) is 0 Å².